The number of nitrogens with one attached hydrogen (secondary N) is 1. The maximum absolute atomic E-state index is 12.9. The van der Waals surface area contributed by atoms with Gasteiger partial charge in [0.2, 0.25) is 0 Å². The Bertz CT molecular complexity index is 1280. The summed E-state index contributed by atoms with van der Waals surface area (Å²) in [5.74, 6) is 0. The first kappa shape index (κ1) is 15.8. The Balaban J connectivity index is 1.61. The van der Waals surface area contributed by atoms with Crippen LogP contribution in [0.1, 0.15) is 0 Å². The van der Waals surface area contributed by atoms with Crippen molar-refractivity contribution in [3.05, 3.63) is 94.9 Å². The number of fused-ring (bicyclic) bond motifs is 1. The summed E-state index contributed by atoms with van der Waals surface area (Å²) in [5, 5.41) is 5.19. The predicted molar refractivity (Wildman–Crippen MR) is 110 cm³/mol. The molecule has 5 aromatic rings. The lowest BCUT2D eigenvalue weighted by Crippen LogP contribution is -2.16. The highest BCUT2D eigenvalue weighted by molar-refractivity contribution is 7.14. The fraction of sp³-hybridized carbons (Fsp3) is 0. The molecule has 4 nitrogen and oxygen atoms in total. The monoisotopic (exact) mass is 369 g/mol. The second-order valence-electron chi connectivity index (χ2n) is 6.25. The molecular weight excluding hydrogens is 354 g/mol. The number of hydrogen-bond donors (Lipinski definition) is 1. The number of aromatic amines is 1. The topological polar surface area (TPSA) is 50.2 Å². The summed E-state index contributed by atoms with van der Waals surface area (Å²) in [4.78, 5) is 18.5. The van der Waals surface area contributed by atoms with Crippen LogP contribution in [0.5, 0.6) is 0 Å². The molecule has 1 N–H and O–H groups in total. The number of H-pyrrole nitrogens is 1. The zero-order valence-corrected chi connectivity index (χ0v) is 15.1. The lowest BCUT2D eigenvalue weighted by molar-refractivity contribution is 0.902. The Morgan fingerprint density at radius 3 is 2.30 bits per heavy atom. The van der Waals surface area contributed by atoms with Crippen LogP contribution in [0, 0.1) is 0 Å². The van der Waals surface area contributed by atoms with Gasteiger partial charge in [-0.3, -0.25) is 9.89 Å². The molecule has 0 amide bonds. The van der Waals surface area contributed by atoms with Crippen LogP contribution < -0.4 is 5.56 Å². The van der Waals surface area contributed by atoms with E-state index in [9.17, 15) is 4.79 Å². The van der Waals surface area contributed by atoms with E-state index in [-0.39, 0.29) is 5.56 Å². The Morgan fingerprint density at radius 2 is 1.56 bits per heavy atom. The molecule has 130 valence electrons. The normalized spacial score (nSPS) is 11.1. The molecule has 0 radical (unpaired) electrons. The van der Waals surface area contributed by atoms with E-state index in [0.29, 0.717) is 11.2 Å². The number of aromatic nitrogens is 3. The zero-order chi connectivity index (χ0) is 18.2. The fourth-order valence-electron chi connectivity index (χ4n) is 3.22. The Morgan fingerprint density at radius 1 is 0.852 bits per heavy atom. The maximum atomic E-state index is 12.9. The lowest BCUT2D eigenvalue weighted by Gasteiger charge is -2.01. The highest BCUT2D eigenvalue weighted by Gasteiger charge is 2.14. The van der Waals surface area contributed by atoms with Gasteiger partial charge in [-0.1, -0.05) is 60.7 Å². The molecule has 0 aliphatic heterocycles. The van der Waals surface area contributed by atoms with Crippen LogP contribution in [0.2, 0.25) is 0 Å². The maximum Gasteiger partial charge on any atom is 0.280 e. The van der Waals surface area contributed by atoms with Gasteiger partial charge in [-0.2, -0.15) is 0 Å². The van der Waals surface area contributed by atoms with Crippen molar-refractivity contribution >= 4 is 17.0 Å². The molecule has 5 rings (SSSR count). The molecule has 3 aromatic heterocycles. The first-order chi connectivity index (χ1) is 13.3. The van der Waals surface area contributed by atoms with Crippen LogP contribution in [0.3, 0.4) is 0 Å². The van der Waals surface area contributed by atoms with E-state index in [1.807, 2.05) is 54.7 Å². The third kappa shape index (κ3) is 2.69. The van der Waals surface area contributed by atoms with Gasteiger partial charge in [0, 0.05) is 17.3 Å². The van der Waals surface area contributed by atoms with E-state index in [2.05, 4.69) is 33.7 Å². The Kier molecular flexibility index (Phi) is 3.73. The fourth-order valence-corrected chi connectivity index (χ4v) is 4.15. The van der Waals surface area contributed by atoms with Crippen molar-refractivity contribution in [3.63, 3.8) is 0 Å². The van der Waals surface area contributed by atoms with Gasteiger partial charge < -0.3 is 0 Å². The molecule has 0 atom stereocenters. The van der Waals surface area contributed by atoms with Crippen LogP contribution in [-0.2, 0) is 0 Å². The average molecular weight is 369 g/mol. The summed E-state index contributed by atoms with van der Waals surface area (Å²) in [5.41, 5.74) is 5.26. The molecule has 2 aromatic carbocycles. The van der Waals surface area contributed by atoms with E-state index in [4.69, 9.17) is 0 Å². The second kappa shape index (κ2) is 6.37. The van der Waals surface area contributed by atoms with Crippen molar-refractivity contribution in [1.82, 2.24) is 14.6 Å². The summed E-state index contributed by atoms with van der Waals surface area (Å²) in [6, 6.07) is 22.0. The van der Waals surface area contributed by atoms with E-state index in [1.165, 1.54) is 15.6 Å². The van der Waals surface area contributed by atoms with Crippen molar-refractivity contribution in [1.29, 1.82) is 0 Å². The average Bonchev–Trinajstić information content (AvgIpc) is 3.37. The summed E-state index contributed by atoms with van der Waals surface area (Å²) >= 11 is 1.65. The summed E-state index contributed by atoms with van der Waals surface area (Å²) in [7, 11) is 0. The van der Waals surface area contributed by atoms with Gasteiger partial charge in [0.05, 0.1) is 11.1 Å². The van der Waals surface area contributed by atoms with Crippen LogP contribution in [0.25, 0.3) is 38.3 Å². The quantitative estimate of drug-likeness (QED) is 0.482. The summed E-state index contributed by atoms with van der Waals surface area (Å²) in [6.45, 7) is 0. The van der Waals surface area contributed by atoms with E-state index >= 15 is 0 Å². The largest absolute Gasteiger partial charge is 0.296 e. The minimum atomic E-state index is -0.0997. The zero-order valence-electron chi connectivity index (χ0n) is 14.3. The molecular formula is C22H15N3OS. The molecule has 0 bridgehead atoms. The minimum Gasteiger partial charge on any atom is -0.296 e. The van der Waals surface area contributed by atoms with Gasteiger partial charge in [0.15, 0.2) is 5.65 Å². The van der Waals surface area contributed by atoms with Crippen molar-refractivity contribution in [2.45, 2.75) is 0 Å². The Labute approximate surface area is 159 Å². The van der Waals surface area contributed by atoms with Gasteiger partial charge in [-0.15, -0.1) is 11.3 Å². The van der Waals surface area contributed by atoms with Gasteiger partial charge >= 0.3 is 0 Å². The first-order valence-electron chi connectivity index (χ1n) is 8.60. The third-order valence-electron chi connectivity index (χ3n) is 4.60. The second-order valence-corrected chi connectivity index (χ2v) is 7.17. The number of rotatable bonds is 3. The number of hydrogen-bond acceptors (Lipinski definition) is 3. The molecule has 0 aliphatic rings. The molecule has 0 fully saturated rings. The summed E-state index contributed by atoms with van der Waals surface area (Å²) < 4.78 is 1.51. The number of thiophene rings is 1. The number of nitrogens with zero attached hydrogens (tertiary/aromatic N) is 2. The van der Waals surface area contributed by atoms with Crippen LogP contribution in [0.4, 0.5) is 0 Å². The SMILES string of the molecule is O=c1c(-c2ccccc2)cnc2c(-c3cc(-c4ccccc4)cs3)c[nH]n12. The lowest BCUT2D eigenvalue weighted by atomic mass is 10.1. The van der Waals surface area contributed by atoms with E-state index < -0.39 is 0 Å². The molecule has 5 heteroatoms. The van der Waals surface area contributed by atoms with Crippen LogP contribution in [-0.4, -0.2) is 14.6 Å². The molecule has 27 heavy (non-hydrogen) atoms. The summed E-state index contributed by atoms with van der Waals surface area (Å²) in [6.07, 6.45) is 3.51. The third-order valence-corrected chi connectivity index (χ3v) is 5.56. The number of benzene rings is 2. The first-order valence-corrected chi connectivity index (χ1v) is 9.48. The van der Waals surface area contributed by atoms with Gasteiger partial charge in [0.25, 0.3) is 5.56 Å². The van der Waals surface area contributed by atoms with E-state index in [1.54, 1.807) is 17.5 Å². The van der Waals surface area contributed by atoms with Gasteiger partial charge in [0.1, 0.15) is 0 Å². The predicted octanol–water partition coefficient (Wildman–Crippen LogP) is 5.09. The molecule has 0 saturated heterocycles. The van der Waals surface area contributed by atoms with Gasteiger partial charge in [-0.25, -0.2) is 9.50 Å². The smallest absolute Gasteiger partial charge is 0.280 e. The molecule has 0 saturated carbocycles. The van der Waals surface area contributed by atoms with Crippen molar-refractivity contribution in [3.8, 4) is 32.7 Å². The minimum absolute atomic E-state index is 0.0997. The van der Waals surface area contributed by atoms with Crippen molar-refractivity contribution in [2.24, 2.45) is 0 Å². The molecule has 3 heterocycles. The standard InChI is InChI=1S/C22H15N3OS/c26-22-18(16-9-5-2-6-10-16)12-23-21-19(13-24-25(21)22)20-11-17(14-27-20)15-7-3-1-4-8-15/h1-14,24H. The molecule has 0 unspecified atom stereocenters. The van der Waals surface area contributed by atoms with E-state index in [0.717, 1.165) is 16.0 Å². The highest BCUT2D eigenvalue weighted by atomic mass is 32.1. The van der Waals surface area contributed by atoms with Crippen LogP contribution >= 0.6 is 11.3 Å². The molecule has 0 aliphatic carbocycles. The highest BCUT2D eigenvalue weighted by Crippen LogP contribution is 2.34. The Hall–Kier alpha value is -3.44. The van der Waals surface area contributed by atoms with Crippen LogP contribution in [0.15, 0.2) is 89.3 Å². The van der Waals surface area contributed by atoms with Crippen molar-refractivity contribution < 1.29 is 0 Å². The molecule has 0 spiro atoms. The van der Waals surface area contributed by atoms with Gasteiger partial charge in [-0.05, 0) is 28.1 Å². The van der Waals surface area contributed by atoms with Crippen molar-refractivity contribution in [2.75, 3.05) is 0 Å².